The minimum atomic E-state index is -0.200. The Morgan fingerprint density at radius 1 is 1.45 bits per heavy atom. The van der Waals surface area contributed by atoms with Gasteiger partial charge in [0.2, 0.25) is 0 Å². The molecule has 0 radical (unpaired) electrons. The van der Waals surface area contributed by atoms with Crippen LogP contribution in [0.3, 0.4) is 0 Å². The lowest BCUT2D eigenvalue weighted by Gasteiger charge is -2.07. The maximum Gasteiger partial charge on any atom is 0.271 e. The summed E-state index contributed by atoms with van der Waals surface area (Å²) in [7, 11) is 0. The van der Waals surface area contributed by atoms with Crippen molar-refractivity contribution in [3.05, 3.63) is 47.8 Å². The third-order valence-electron chi connectivity index (χ3n) is 3.03. The Kier molecular flexibility index (Phi) is 4.84. The summed E-state index contributed by atoms with van der Waals surface area (Å²) in [6.07, 6.45) is 5.93. The van der Waals surface area contributed by atoms with Crippen LogP contribution < -0.4 is 11.1 Å². The van der Waals surface area contributed by atoms with Gasteiger partial charge in [0.15, 0.2) is 0 Å². The maximum absolute atomic E-state index is 12.0. The molecule has 0 spiro atoms. The number of nitrogens with two attached hydrogens (primary N) is 1. The molecule has 3 N–H and O–H groups in total. The van der Waals surface area contributed by atoms with Crippen LogP contribution in [-0.2, 0) is 19.5 Å². The first kappa shape index (κ1) is 14.2. The first-order chi connectivity index (χ1) is 9.74. The monoisotopic (exact) mass is 273 g/mol. The lowest BCUT2D eigenvalue weighted by Crippen LogP contribution is -2.24. The van der Waals surface area contributed by atoms with Crippen LogP contribution in [0.1, 0.15) is 28.7 Å². The minimum Gasteiger partial charge on any atom is -0.345 e. The molecule has 6 heteroatoms. The molecule has 2 heterocycles. The summed E-state index contributed by atoms with van der Waals surface area (Å²) < 4.78 is 1.80. The number of carbonyl (C=O) groups is 1. The van der Waals surface area contributed by atoms with E-state index in [-0.39, 0.29) is 5.91 Å². The first-order valence-electron chi connectivity index (χ1n) is 6.67. The smallest absolute Gasteiger partial charge is 0.271 e. The molecule has 2 rings (SSSR count). The van der Waals surface area contributed by atoms with Gasteiger partial charge in [0, 0.05) is 25.5 Å². The number of carbonyl (C=O) groups excluding carboxylic acids is 1. The van der Waals surface area contributed by atoms with Gasteiger partial charge in [-0.3, -0.25) is 9.78 Å². The van der Waals surface area contributed by atoms with E-state index in [4.69, 9.17) is 5.73 Å². The van der Waals surface area contributed by atoms with Crippen LogP contribution in [-0.4, -0.2) is 27.0 Å². The Morgan fingerprint density at radius 3 is 3.05 bits per heavy atom. The Morgan fingerprint density at radius 2 is 2.30 bits per heavy atom. The van der Waals surface area contributed by atoms with Crippen LogP contribution in [0.15, 0.2) is 30.9 Å². The third kappa shape index (κ3) is 3.42. The number of hydrogen-bond donors (Lipinski definition) is 2. The molecular weight excluding hydrogens is 254 g/mol. The largest absolute Gasteiger partial charge is 0.345 e. The van der Waals surface area contributed by atoms with Crippen LogP contribution >= 0.6 is 0 Å². The van der Waals surface area contributed by atoms with Crippen LogP contribution in [0.5, 0.6) is 0 Å². The zero-order valence-corrected chi connectivity index (χ0v) is 11.5. The molecule has 2 aromatic rings. The summed E-state index contributed by atoms with van der Waals surface area (Å²) in [6.45, 7) is 3.65. The maximum atomic E-state index is 12.0. The Bertz CT molecular complexity index is 578. The second kappa shape index (κ2) is 6.81. The summed E-state index contributed by atoms with van der Waals surface area (Å²) in [5, 5.41) is 2.84. The molecule has 0 atom stereocenters. The quantitative estimate of drug-likeness (QED) is 0.812. The third-order valence-corrected chi connectivity index (χ3v) is 3.03. The number of hydrogen-bond acceptors (Lipinski definition) is 4. The summed E-state index contributed by atoms with van der Waals surface area (Å²) in [4.78, 5) is 20.3. The molecule has 6 nitrogen and oxygen atoms in total. The Labute approximate surface area is 118 Å². The van der Waals surface area contributed by atoms with Gasteiger partial charge in [0.05, 0.1) is 18.6 Å². The number of aryl methyl sites for hydroxylation is 1. The van der Waals surface area contributed by atoms with Gasteiger partial charge in [-0.1, -0.05) is 13.0 Å². The van der Waals surface area contributed by atoms with E-state index in [9.17, 15) is 4.79 Å². The SMILES string of the molecule is CCc1cccnc1CNC(=O)c1cn(CCN)cn1. The van der Waals surface area contributed by atoms with Gasteiger partial charge in [-0.05, 0) is 18.1 Å². The topological polar surface area (TPSA) is 85.8 Å². The number of aromatic nitrogens is 3. The highest BCUT2D eigenvalue weighted by atomic mass is 16.1. The van der Waals surface area contributed by atoms with Gasteiger partial charge < -0.3 is 15.6 Å². The van der Waals surface area contributed by atoms with Crippen molar-refractivity contribution in [3.63, 3.8) is 0 Å². The highest BCUT2D eigenvalue weighted by molar-refractivity contribution is 5.91. The predicted molar refractivity (Wildman–Crippen MR) is 76.1 cm³/mol. The molecule has 0 aromatic carbocycles. The van der Waals surface area contributed by atoms with E-state index in [1.807, 2.05) is 12.1 Å². The van der Waals surface area contributed by atoms with Gasteiger partial charge in [0.25, 0.3) is 5.91 Å². The first-order valence-corrected chi connectivity index (χ1v) is 6.67. The van der Waals surface area contributed by atoms with Crippen molar-refractivity contribution < 1.29 is 4.79 Å². The average Bonchev–Trinajstić information content (AvgIpc) is 2.94. The number of nitrogens with one attached hydrogen (secondary N) is 1. The standard InChI is InChI=1S/C14H19N5O/c1-2-11-4-3-6-16-12(11)8-17-14(20)13-9-19(7-5-15)10-18-13/h3-4,6,9-10H,2,5,7-8,15H2,1H3,(H,17,20). The molecule has 0 aliphatic rings. The summed E-state index contributed by atoms with van der Waals surface area (Å²) >= 11 is 0. The zero-order valence-electron chi connectivity index (χ0n) is 11.5. The highest BCUT2D eigenvalue weighted by Gasteiger charge is 2.10. The Hall–Kier alpha value is -2.21. The van der Waals surface area contributed by atoms with Crippen molar-refractivity contribution in [1.82, 2.24) is 19.9 Å². The molecule has 0 bridgehead atoms. The molecule has 20 heavy (non-hydrogen) atoms. The van der Waals surface area contributed by atoms with Crippen molar-refractivity contribution in [1.29, 1.82) is 0 Å². The fraction of sp³-hybridized carbons (Fsp3) is 0.357. The summed E-state index contributed by atoms with van der Waals surface area (Å²) in [6, 6.07) is 3.92. The van der Waals surface area contributed by atoms with Crippen LogP contribution in [0.25, 0.3) is 0 Å². The molecule has 0 unspecified atom stereocenters. The normalized spacial score (nSPS) is 10.5. The zero-order chi connectivity index (χ0) is 14.4. The summed E-state index contributed by atoms with van der Waals surface area (Å²) in [5.74, 6) is -0.200. The number of pyridine rings is 1. The fourth-order valence-corrected chi connectivity index (χ4v) is 1.96. The van der Waals surface area contributed by atoms with Crippen LogP contribution in [0.2, 0.25) is 0 Å². The van der Waals surface area contributed by atoms with E-state index in [1.54, 1.807) is 23.3 Å². The second-order valence-electron chi connectivity index (χ2n) is 4.43. The molecule has 0 saturated heterocycles. The van der Waals surface area contributed by atoms with E-state index < -0.39 is 0 Å². The van der Waals surface area contributed by atoms with Crippen molar-refractivity contribution in [2.45, 2.75) is 26.4 Å². The number of amides is 1. The molecule has 1 amide bonds. The molecular formula is C14H19N5O. The second-order valence-corrected chi connectivity index (χ2v) is 4.43. The van der Waals surface area contributed by atoms with Crippen LogP contribution in [0.4, 0.5) is 0 Å². The minimum absolute atomic E-state index is 0.200. The molecule has 0 fully saturated rings. The lowest BCUT2D eigenvalue weighted by molar-refractivity contribution is 0.0945. The van der Waals surface area contributed by atoms with Gasteiger partial charge >= 0.3 is 0 Å². The van der Waals surface area contributed by atoms with Crippen molar-refractivity contribution in [3.8, 4) is 0 Å². The van der Waals surface area contributed by atoms with E-state index in [0.717, 1.165) is 17.7 Å². The lowest BCUT2D eigenvalue weighted by atomic mass is 10.1. The van der Waals surface area contributed by atoms with Gasteiger partial charge in [-0.2, -0.15) is 0 Å². The molecule has 0 aliphatic carbocycles. The Balaban J connectivity index is 1.97. The number of nitrogens with zero attached hydrogens (tertiary/aromatic N) is 3. The highest BCUT2D eigenvalue weighted by Crippen LogP contribution is 2.06. The van der Waals surface area contributed by atoms with E-state index >= 15 is 0 Å². The molecule has 0 saturated carbocycles. The van der Waals surface area contributed by atoms with Crippen molar-refractivity contribution in [2.24, 2.45) is 5.73 Å². The van der Waals surface area contributed by atoms with Gasteiger partial charge in [0.1, 0.15) is 5.69 Å². The number of rotatable bonds is 6. The molecule has 106 valence electrons. The molecule has 0 aliphatic heterocycles. The van der Waals surface area contributed by atoms with E-state index in [2.05, 4.69) is 22.2 Å². The van der Waals surface area contributed by atoms with Crippen molar-refractivity contribution >= 4 is 5.91 Å². The van der Waals surface area contributed by atoms with Gasteiger partial charge in [-0.15, -0.1) is 0 Å². The van der Waals surface area contributed by atoms with E-state index in [0.29, 0.717) is 25.3 Å². The molecule has 2 aromatic heterocycles. The van der Waals surface area contributed by atoms with Gasteiger partial charge in [-0.25, -0.2) is 4.98 Å². The van der Waals surface area contributed by atoms with Crippen molar-refractivity contribution in [2.75, 3.05) is 6.54 Å². The fourth-order valence-electron chi connectivity index (χ4n) is 1.96. The predicted octanol–water partition coefficient (Wildman–Crippen LogP) is 0.729. The average molecular weight is 273 g/mol. The van der Waals surface area contributed by atoms with E-state index in [1.165, 1.54) is 0 Å². The number of imidazole rings is 1. The van der Waals surface area contributed by atoms with Crippen LogP contribution in [0, 0.1) is 0 Å². The summed E-state index contributed by atoms with van der Waals surface area (Å²) in [5.41, 5.74) is 7.88.